The van der Waals surface area contributed by atoms with E-state index in [2.05, 4.69) is 10.1 Å². The second-order valence-electron chi connectivity index (χ2n) is 6.55. The van der Waals surface area contributed by atoms with Crippen LogP contribution in [0.4, 0.5) is 0 Å². The average Bonchev–Trinajstić information content (AvgIpc) is 3.29. The number of nitrogens with zero attached hydrogens (tertiary/aromatic N) is 3. The van der Waals surface area contributed by atoms with E-state index in [0.29, 0.717) is 22.9 Å². The third-order valence-corrected chi connectivity index (χ3v) is 4.37. The zero-order valence-corrected chi connectivity index (χ0v) is 15.7. The van der Waals surface area contributed by atoms with E-state index in [1.54, 1.807) is 23.8 Å². The van der Waals surface area contributed by atoms with Crippen molar-refractivity contribution in [1.29, 1.82) is 0 Å². The van der Waals surface area contributed by atoms with Gasteiger partial charge in [0.1, 0.15) is 5.75 Å². The van der Waals surface area contributed by atoms with Gasteiger partial charge in [0.2, 0.25) is 5.82 Å². The number of benzene rings is 2. The zero-order valence-electron chi connectivity index (χ0n) is 15.7. The van der Waals surface area contributed by atoms with Gasteiger partial charge in [-0.15, -0.1) is 0 Å². The Bertz CT molecular complexity index is 1210. The molecule has 0 bridgehead atoms. The van der Waals surface area contributed by atoms with E-state index >= 15 is 0 Å². The Balaban J connectivity index is 1.64. The minimum Gasteiger partial charge on any atom is -0.496 e. The van der Waals surface area contributed by atoms with E-state index < -0.39 is 0 Å². The van der Waals surface area contributed by atoms with Crippen LogP contribution in [0.2, 0.25) is 0 Å². The Kier molecular flexibility index (Phi) is 4.57. The molecule has 4 aromatic rings. The summed E-state index contributed by atoms with van der Waals surface area (Å²) in [5.41, 5.74) is 2.84. The fourth-order valence-electron chi connectivity index (χ4n) is 3.05. The molecule has 142 valence electrons. The maximum Gasteiger partial charge on any atom is 0.420 e. The van der Waals surface area contributed by atoms with Crippen LogP contribution in [-0.4, -0.2) is 21.8 Å². The SMILES string of the molecule is COc1ccccc1/C=C/c1nc(-c2ccc3c(c2)oc(=O)n3C(C)C)no1. The van der Waals surface area contributed by atoms with Crippen molar-refractivity contribution < 1.29 is 13.7 Å². The van der Waals surface area contributed by atoms with Crippen LogP contribution in [-0.2, 0) is 0 Å². The lowest BCUT2D eigenvalue weighted by atomic mass is 10.2. The standard InChI is InChI=1S/C21H19N3O4/c1-13(2)24-16-10-8-15(12-18(16)27-21(24)25)20-22-19(28-23-20)11-9-14-6-4-5-7-17(14)26-3/h4-13H,1-3H3/b11-9+. The molecule has 0 spiro atoms. The molecule has 0 saturated carbocycles. The molecule has 0 aliphatic rings. The molecule has 28 heavy (non-hydrogen) atoms. The molecule has 2 aromatic carbocycles. The monoisotopic (exact) mass is 377 g/mol. The summed E-state index contributed by atoms with van der Waals surface area (Å²) < 4.78 is 17.6. The first-order chi connectivity index (χ1) is 13.6. The zero-order chi connectivity index (χ0) is 19.7. The Labute approximate surface area is 160 Å². The van der Waals surface area contributed by atoms with Gasteiger partial charge >= 0.3 is 5.76 Å². The first-order valence-electron chi connectivity index (χ1n) is 8.87. The summed E-state index contributed by atoms with van der Waals surface area (Å²) >= 11 is 0. The van der Waals surface area contributed by atoms with Gasteiger partial charge in [0.25, 0.3) is 5.89 Å². The quantitative estimate of drug-likeness (QED) is 0.512. The van der Waals surface area contributed by atoms with Gasteiger partial charge in [0, 0.05) is 23.2 Å². The molecule has 7 nitrogen and oxygen atoms in total. The van der Waals surface area contributed by atoms with Crippen molar-refractivity contribution >= 4 is 23.3 Å². The third-order valence-electron chi connectivity index (χ3n) is 4.37. The first-order valence-corrected chi connectivity index (χ1v) is 8.87. The molecule has 0 unspecified atom stereocenters. The molecule has 0 amide bonds. The van der Waals surface area contributed by atoms with Gasteiger partial charge in [-0.2, -0.15) is 4.98 Å². The third kappa shape index (κ3) is 3.22. The fraction of sp³-hybridized carbons (Fsp3) is 0.190. The largest absolute Gasteiger partial charge is 0.496 e. The summed E-state index contributed by atoms with van der Waals surface area (Å²) in [6.45, 7) is 3.87. The minimum atomic E-state index is -0.379. The highest BCUT2D eigenvalue weighted by atomic mass is 16.5. The molecule has 2 aromatic heterocycles. The van der Waals surface area contributed by atoms with Crippen LogP contribution in [0.1, 0.15) is 31.3 Å². The van der Waals surface area contributed by atoms with Crippen molar-refractivity contribution in [2.75, 3.05) is 7.11 Å². The van der Waals surface area contributed by atoms with Crippen molar-refractivity contribution in [3.05, 3.63) is 64.5 Å². The number of ether oxygens (including phenoxy) is 1. The lowest BCUT2D eigenvalue weighted by molar-refractivity contribution is 0.411. The number of oxazole rings is 1. The maximum absolute atomic E-state index is 12.0. The highest BCUT2D eigenvalue weighted by Gasteiger charge is 2.14. The van der Waals surface area contributed by atoms with Crippen LogP contribution in [0.3, 0.4) is 0 Å². The second-order valence-corrected chi connectivity index (χ2v) is 6.55. The Morgan fingerprint density at radius 1 is 1.14 bits per heavy atom. The summed E-state index contributed by atoms with van der Waals surface area (Å²) in [4.78, 5) is 16.4. The Morgan fingerprint density at radius 3 is 2.75 bits per heavy atom. The number of rotatable bonds is 5. The van der Waals surface area contributed by atoms with Crippen molar-refractivity contribution in [2.24, 2.45) is 0 Å². The summed E-state index contributed by atoms with van der Waals surface area (Å²) in [7, 11) is 1.62. The van der Waals surface area contributed by atoms with Gasteiger partial charge in [-0.3, -0.25) is 4.57 Å². The molecular formula is C21H19N3O4. The molecule has 4 rings (SSSR count). The number of fused-ring (bicyclic) bond motifs is 1. The number of para-hydroxylation sites is 1. The molecule has 0 saturated heterocycles. The van der Waals surface area contributed by atoms with E-state index in [9.17, 15) is 4.79 Å². The number of methoxy groups -OCH3 is 1. The highest BCUT2D eigenvalue weighted by molar-refractivity contribution is 5.79. The van der Waals surface area contributed by atoms with Crippen LogP contribution < -0.4 is 10.5 Å². The molecule has 0 radical (unpaired) electrons. The average molecular weight is 377 g/mol. The maximum atomic E-state index is 12.0. The summed E-state index contributed by atoms with van der Waals surface area (Å²) in [6, 6.07) is 13.1. The van der Waals surface area contributed by atoms with Crippen LogP contribution >= 0.6 is 0 Å². The van der Waals surface area contributed by atoms with E-state index in [1.165, 1.54) is 0 Å². The molecule has 0 atom stereocenters. The molecule has 0 N–H and O–H groups in total. The number of hydrogen-bond donors (Lipinski definition) is 0. The lowest BCUT2D eigenvalue weighted by Gasteiger charge is -2.04. The van der Waals surface area contributed by atoms with Crippen LogP contribution in [0, 0.1) is 0 Å². The topological polar surface area (TPSA) is 83.3 Å². The predicted molar refractivity (Wildman–Crippen MR) is 106 cm³/mol. The summed E-state index contributed by atoms with van der Waals surface area (Å²) in [5, 5.41) is 4.02. The molecule has 0 aliphatic carbocycles. The Morgan fingerprint density at radius 2 is 1.96 bits per heavy atom. The van der Waals surface area contributed by atoms with Crippen molar-refractivity contribution in [3.63, 3.8) is 0 Å². The molecule has 0 fully saturated rings. The minimum absolute atomic E-state index is 0.0106. The predicted octanol–water partition coefficient (Wildman–Crippen LogP) is 4.40. The normalized spacial score (nSPS) is 11.7. The van der Waals surface area contributed by atoms with Crippen LogP contribution in [0.15, 0.2) is 56.2 Å². The fourth-order valence-corrected chi connectivity index (χ4v) is 3.05. The van der Waals surface area contributed by atoms with Gasteiger partial charge < -0.3 is 13.7 Å². The summed E-state index contributed by atoms with van der Waals surface area (Å²) in [6.07, 6.45) is 3.57. The number of aromatic nitrogens is 3. The van der Waals surface area contributed by atoms with Crippen molar-refractivity contribution in [3.8, 4) is 17.1 Å². The lowest BCUT2D eigenvalue weighted by Crippen LogP contribution is -2.15. The van der Waals surface area contributed by atoms with Crippen molar-refractivity contribution in [1.82, 2.24) is 14.7 Å². The highest BCUT2D eigenvalue weighted by Crippen LogP contribution is 2.24. The van der Waals surface area contributed by atoms with Gasteiger partial charge in [0.05, 0.1) is 12.6 Å². The molecular weight excluding hydrogens is 358 g/mol. The second kappa shape index (κ2) is 7.19. The van der Waals surface area contributed by atoms with E-state index in [0.717, 1.165) is 16.8 Å². The first kappa shape index (κ1) is 17.8. The summed E-state index contributed by atoms with van der Waals surface area (Å²) in [5.74, 6) is 1.16. The molecule has 7 heteroatoms. The smallest absolute Gasteiger partial charge is 0.420 e. The van der Waals surface area contributed by atoms with Crippen LogP contribution in [0.5, 0.6) is 5.75 Å². The van der Waals surface area contributed by atoms with Crippen LogP contribution in [0.25, 0.3) is 34.6 Å². The van der Waals surface area contributed by atoms with E-state index in [4.69, 9.17) is 13.7 Å². The molecule has 2 heterocycles. The van der Waals surface area contributed by atoms with Gasteiger partial charge in [-0.25, -0.2) is 4.79 Å². The van der Waals surface area contributed by atoms with Gasteiger partial charge in [0.15, 0.2) is 5.58 Å². The molecule has 0 aliphatic heterocycles. The van der Waals surface area contributed by atoms with E-state index in [-0.39, 0.29) is 11.8 Å². The van der Waals surface area contributed by atoms with Crippen molar-refractivity contribution in [2.45, 2.75) is 19.9 Å². The van der Waals surface area contributed by atoms with Gasteiger partial charge in [-0.05, 0) is 44.2 Å². The number of hydrogen-bond acceptors (Lipinski definition) is 6. The Hall–Kier alpha value is -3.61. The van der Waals surface area contributed by atoms with Gasteiger partial charge in [-0.1, -0.05) is 23.4 Å². The van der Waals surface area contributed by atoms with E-state index in [1.807, 2.05) is 56.3 Å².